The Labute approximate surface area is 124 Å². The quantitative estimate of drug-likeness (QED) is 0.932. The fourth-order valence-electron chi connectivity index (χ4n) is 1.96. The maximum absolute atomic E-state index is 5.99. The summed E-state index contributed by atoms with van der Waals surface area (Å²) in [5.74, 6) is 0. The van der Waals surface area contributed by atoms with Crippen LogP contribution in [-0.2, 0) is 11.3 Å². The van der Waals surface area contributed by atoms with Crippen molar-refractivity contribution in [2.45, 2.75) is 12.6 Å². The number of hydrogen-bond donors (Lipinski definition) is 1. The van der Waals surface area contributed by atoms with Crippen molar-refractivity contribution in [1.82, 2.24) is 4.90 Å². The lowest BCUT2D eigenvalue weighted by molar-refractivity contribution is -0.0260. The normalized spacial score (nSPS) is 20.5. The monoisotopic (exact) mass is 310 g/mol. The van der Waals surface area contributed by atoms with E-state index in [0.29, 0.717) is 16.6 Å². The zero-order valence-corrected chi connectivity index (χ0v) is 12.3. The molecule has 1 aliphatic rings. The Morgan fingerprint density at radius 1 is 1.33 bits per heavy atom. The van der Waals surface area contributed by atoms with E-state index in [1.54, 1.807) is 0 Å². The molecule has 0 radical (unpaired) electrons. The molecule has 3 nitrogen and oxygen atoms in total. The Kier molecular flexibility index (Phi) is 6.71. The predicted molar refractivity (Wildman–Crippen MR) is 77.8 cm³/mol. The lowest BCUT2D eigenvalue weighted by Gasteiger charge is -2.32. The van der Waals surface area contributed by atoms with Crippen LogP contribution in [0.4, 0.5) is 0 Å². The first-order valence-corrected chi connectivity index (χ1v) is 6.42. The fraction of sp³-hybridized carbons (Fsp3) is 0.500. The highest BCUT2D eigenvalue weighted by molar-refractivity contribution is 6.42. The summed E-state index contributed by atoms with van der Waals surface area (Å²) in [5.41, 5.74) is 6.78. The van der Waals surface area contributed by atoms with Crippen LogP contribution in [-0.4, -0.2) is 37.2 Å². The summed E-state index contributed by atoms with van der Waals surface area (Å²) in [6.07, 6.45) is 0.145. The van der Waals surface area contributed by atoms with Gasteiger partial charge in [0.2, 0.25) is 0 Å². The molecule has 0 spiro atoms. The third-order valence-electron chi connectivity index (χ3n) is 2.88. The third-order valence-corrected chi connectivity index (χ3v) is 3.62. The van der Waals surface area contributed by atoms with E-state index in [2.05, 4.69) is 4.90 Å². The highest BCUT2D eigenvalue weighted by atomic mass is 35.5. The second-order valence-electron chi connectivity index (χ2n) is 4.21. The molecule has 1 aromatic rings. The van der Waals surface area contributed by atoms with Gasteiger partial charge in [0.05, 0.1) is 22.8 Å². The van der Waals surface area contributed by atoms with Crippen molar-refractivity contribution in [3.8, 4) is 0 Å². The van der Waals surface area contributed by atoms with Gasteiger partial charge in [-0.25, -0.2) is 0 Å². The van der Waals surface area contributed by atoms with Crippen molar-refractivity contribution in [2.75, 3.05) is 26.2 Å². The molecule has 0 aliphatic carbocycles. The molecule has 1 fully saturated rings. The first-order chi connectivity index (χ1) is 8.19. The van der Waals surface area contributed by atoms with E-state index < -0.39 is 0 Å². The highest BCUT2D eigenvalue weighted by Crippen LogP contribution is 2.23. The van der Waals surface area contributed by atoms with Gasteiger partial charge in [-0.15, -0.1) is 12.4 Å². The van der Waals surface area contributed by atoms with E-state index in [4.69, 9.17) is 33.7 Å². The molecule has 1 atom stereocenters. The van der Waals surface area contributed by atoms with Crippen molar-refractivity contribution < 1.29 is 4.74 Å². The average molecular weight is 312 g/mol. The minimum absolute atomic E-state index is 0. The van der Waals surface area contributed by atoms with Gasteiger partial charge in [0.1, 0.15) is 0 Å². The molecule has 1 aliphatic heterocycles. The van der Waals surface area contributed by atoms with Crippen molar-refractivity contribution >= 4 is 35.6 Å². The van der Waals surface area contributed by atoms with Gasteiger partial charge in [0, 0.05) is 26.2 Å². The summed E-state index contributed by atoms with van der Waals surface area (Å²) in [6, 6.07) is 5.75. The SMILES string of the molecule is Cl.NCC1CN(Cc2ccc(Cl)c(Cl)c2)CCO1. The van der Waals surface area contributed by atoms with Crippen LogP contribution in [0.25, 0.3) is 0 Å². The number of halogens is 3. The summed E-state index contributed by atoms with van der Waals surface area (Å²) in [7, 11) is 0. The summed E-state index contributed by atoms with van der Waals surface area (Å²) in [5, 5.41) is 1.20. The number of nitrogens with zero attached hydrogens (tertiary/aromatic N) is 1. The molecule has 1 heterocycles. The molecule has 2 N–H and O–H groups in total. The van der Waals surface area contributed by atoms with E-state index in [0.717, 1.165) is 31.8 Å². The fourth-order valence-corrected chi connectivity index (χ4v) is 2.28. The summed E-state index contributed by atoms with van der Waals surface area (Å²) < 4.78 is 5.52. The van der Waals surface area contributed by atoms with Gasteiger partial charge in [-0.1, -0.05) is 29.3 Å². The molecule has 1 saturated heterocycles. The van der Waals surface area contributed by atoms with Crippen LogP contribution in [0.5, 0.6) is 0 Å². The highest BCUT2D eigenvalue weighted by Gasteiger charge is 2.19. The van der Waals surface area contributed by atoms with Gasteiger partial charge < -0.3 is 10.5 Å². The molecule has 2 rings (SSSR count). The molecule has 6 heteroatoms. The van der Waals surface area contributed by atoms with Gasteiger partial charge in [0.15, 0.2) is 0 Å². The minimum atomic E-state index is 0. The number of morpholine rings is 1. The Hall–Kier alpha value is -0.0300. The van der Waals surface area contributed by atoms with Crippen molar-refractivity contribution in [1.29, 1.82) is 0 Å². The van der Waals surface area contributed by atoms with Gasteiger partial charge in [-0.2, -0.15) is 0 Å². The van der Waals surface area contributed by atoms with Crippen LogP contribution in [0.15, 0.2) is 18.2 Å². The first-order valence-electron chi connectivity index (χ1n) is 5.67. The maximum Gasteiger partial charge on any atom is 0.0824 e. The standard InChI is InChI=1S/C12H16Cl2N2O.ClH/c13-11-2-1-9(5-12(11)14)7-16-3-4-17-10(6-15)8-16;/h1-2,5,10H,3-4,6-8,15H2;1H. The molecule has 0 amide bonds. The zero-order valence-electron chi connectivity index (χ0n) is 9.94. The minimum Gasteiger partial charge on any atom is -0.374 e. The topological polar surface area (TPSA) is 38.5 Å². The number of hydrogen-bond acceptors (Lipinski definition) is 3. The van der Waals surface area contributed by atoms with Crippen LogP contribution in [0.2, 0.25) is 10.0 Å². The summed E-state index contributed by atoms with van der Waals surface area (Å²) in [6.45, 7) is 3.96. The van der Waals surface area contributed by atoms with E-state index in [1.165, 1.54) is 0 Å². The Balaban J connectivity index is 0.00000162. The van der Waals surface area contributed by atoms with Crippen LogP contribution < -0.4 is 5.73 Å². The second kappa shape index (κ2) is 7.53. The van der Waals surface area contributed by atoms with Crippen molar-refractivity contribution in [2.24, 2.45) is 5.73 Å². The van der Waals surface area contributed by atoms with Crippen LogP contribution in [0.1, 0.15) is 5.56 Å². The molecule has 0 aromatic heterocycles. The Morgan fingerprint density at radius 2 is 2.11 bits per heavy atom. The number of nitrogens with two attached hydrogens (primary N) is 1. The van der Waals surface area contributed by atoms with Gasteiger partial charge in [0.25, 0.3) is 0 Å². The van der Waals surface area contributed by atoms with E-state index >= 15 is 0 Å². The molecular weight excluding hydrogens is 295 g/mol. The molecule has 1 aromatic carbocycles. The molecule has 18 heavy (non-hydrogen) atoms. The van der Waals surface area contributed by atoms with Gasteiger partial charge in [-0.3, -0.25) is 4.90 Å². The molecule has 102 valence electrons. The first kappa shape index (κ1) is 16.0. The molecule has 0 bridgehead atoms. The number of ether oxygens (including phenoxy) is 1. The maximum atomic E-state index is 5.99. The lowest BCUT2D eigenvalue weighted by atomic mass is 10.2. The van der Waals surface area contributed by atoms with E-state index in [9.17, 15) is 0 Å². The zero-order chi connectivity index (χ0) is 12.3. The number of rotatable bonds is 3. The smallest absolute Gasteiger partial charge is 0.0824 e. The van der Waals surface area contributed by atoms with Gasteiger partial charge >= 0.3 is 0 Å². The third kappa shape index (κ3) is 4.26. The predicted octanol–water partition coefficient (Wildman–Crippen LogP) is 2.57. The van der Waals surface area contributed by atoms with Crippen LogP contribution in [0, 0.1) is 0 Å². The molecular formula is C12H17Cl3N2O. The number of benzene rings is 1. The second-order valence-corrected chi connectivity index (χ2v) is 5.03. The van der Waals surface area contributed by atoms with Crippen molar-refractivity contribution in [3.05, 3.63) is 33.8 Å². The van der Waals surface area contributed by atoms with E-state index in [-0.39, 0.29) is 18.5 Å². The lowest BCUT2D eigenvalue weighted by Crippen LogP contribution is -2.45. The summed E-state index contributed by atoms with van der Waals surface area (Å²) in [4.78, 5) is 2.32. The Morgan fingerprint density at radius 3 is 2.78 bits per heavy atom. The Bertz CT molecular complexity index is 390. The molecule has 1 unspecified atom stereocenters. The van der Waals surface area contributed by atoms with Crippen LogP contribution in [0.3, 0.4) is 0 Å². The average Bonchev–Trinajstić information content (AvgIpc) is 2.34. The largest absolute Gasteiger partial charge is 0.374 e. The summed E-state index contributed by atoms with van der Waals surface area (Å²) >= 11 is 11.9. The van der Waals surface area contributed by atoms with Crippen molar-refractivity contribution in [3.63, 3.8) is 0 Å². The van der Waals surface area contributed by atoms with E-state index in [1.807, 2.05) is 18.2 Å². The van der Waals surface area contributed by atoms with Gasteiger partial charge in [-0.05, 0) is 17.7 Å². The molecule has 0 saturated carbocycles. The van der Waals surface area contributed by atoms with Crippen LogP contribution >= 0.6 is 35.6 Å².